The van der Waals surface area contributed by atoms with E-state index in [1.54, 1.807) is 12.4 Å². The van der Waals surface area contributed by atoms with Gasteiger partial charge in [0.2, 0.25) is 0 Å². The summed E-state index contributed by atoms with van der Waals surface area (Å²) in [6, 6.07) is 10.4. The van der Waals surface area contributed by atoms with Gasteiger partial charge in [-0.2, -0.15) is 0 Å². The Bertz CT molecular complexity index is 415. The first-order chi connectivity index (χ1) is 6.86. The molecule has 1 unspecified atom stereocenters. The van der Waals surface area contributed by atoms with Crippen molar-refractivity contribution in [2.24, 2.45) is 0 Å². The van der Waals surface area contributed by atoms with Crippen LogP contribution < -0.4 is 10.7 Å². The van der Waals surface area contributed by atoms with Crippen LogP contribution in [0.1, 0.15) is 5.69 Å². The number of benzene rings is 1. The first-order valence-corrected chi connectivity index (χ1v) is 5.46. The fourth-order valence-electron chi connectivity index (χ4n) is 1.19. The molecule has 2 aromatic rings. The molecule has 0 amide bonds. The third-order valence-corrected chi connectivity index (χ3v) is 3.27. The van der Waals surface area contributed by atoms with Crippen molar-refractivity contribution in [2.45, 2.75) is 6.92 Å². The van der Waals surface area contributed by atoms with Crippen LogP contribution in [0.25, 0.3) is 0 Å². The zero-order chi connectivity index (χ0) is 9.80. The number of hydrogen-bond donors (Lipinski definition) is 0. The minimum Gasteiger partial charge on any atom is -0.258 e. The Kier molecular flexibility index (Phi) is 2.85. The SMILES string of the molecule is Cc1nccnc1Pc1ccccc1. The summed E-state index contributed by atoms with van der Waals surface area (Å²) in [5, 5.41) is 1.30. The molecule has 70 valence electrons. The van der Waals surface area contributed by atoms with Crippen LogP contribution in [0.4, 0.5) is 0 Å². The lowest BCUT2D eigenvalue weighted by atomic mass is 10.4. The van der Waals surface area contributed by atoms with Crippen LogP contribution in [-0.2, 0) is 0 Å². The Balaban J connectivity index is 2.24. The van der Waals surface area contributed by atoms with Crippen LogP contribution in [0, 0.1) is 6.92 Å². The van der Waals surface area contributed by atoms with Crippen molar-refractivity contribution in [3.05, 3.63) is 48.4 Å². The van der Waals surface area contributed by atoms with Crippen molar-refractivity contribution in [1.29, 1.82) is 0 Å². The molecule has 0 aliphatic rings. The molecular formula is C11H11N2P. The van der Waals surface area contributed by atoms with Gasteiger partial charge in [-0.05, 0) is 20.8 Å². The van der Waals surface area contributed by atoms with Gasteiger partial charge >= 0.3 is 0 Å². The van der Waals surface area contributed by atoms with Crippen LogP contribution >= 0.6 is 8.58 Å². The Morgan fingerprint density at radius 1 is 1.00 bits per heavy atom. The molecule has 0 aliphatic heterocycles. The molecule has 0 fully saturated rings. The van der Waals surface area contributed by atoms with E-state index in [0.717, 1.165) is 11.1 Å². The average molecular weight is 202 g/mol. The zero-order valence-corrected chi connectivity index (χ0v) is 8.94. The predicted octanol–water partition coefficient (Wildman–Crippen LogP) is 1.41. The van der Waals surface area contributed by atoms with Crippen molar-refractivity contribution in [3.8, 4) is 0 Å². The molecule has 1 aromatic carbocycles. The molecule has 1 aromatic heterocycles. The molecule has 3 heteroatoms. The largest absolute Gasteiger partial charge is 0.258 e. The highest BCUT2D eigenvalue weighted by Gasteiger charge is 2.00. The van der Waals surface area contributed by atoms with Gasteiger partial charge in [0.1, 0.15) is 0 Å². The fraction of sp³-hybridized carbons (Fsp3) is 0.0909. The van der Waals surface area contributed by atoms with Gasteiger partial charge in [0.15, 0.2) is 0 Å². The van der Waals surface area contributed by atoms with E-state index in [9.17, 15) is 0 Å². The van der Waals surface area contributed by atoms with E-state index in [-0.39, 0.29) is 0 Å². The van der Waals surface area contributed by atoms with E-state index in [1.165, 1.54) is 5.30 Å². The highest BCUT2D eigenvalue weighted by molar-refractivity contribution is 7.55. The maximum atomic E-state index is 4.32. The number of aromatic nitrogens is 2. The first-order valence-electron chi connectivity index (χ1n) is 4.46. The van der Waals surface area contributed by atoms with E-state index in [4.69, 9.17) is 0 Å². The van der Waals surface area contributed by atoms with E-state index in [2.05, 4.69) is 22.1 Å². The predicted molar refractivity (Wildman–Crippen MR) is 60.8 cm³/mol. The summed E-state index contributed by atoms with van der Waals surface area (Å²) in [6.45, 7) is 2.00. The minimum absolute atomic E-state index is 0.602. The summed E-state index contributed by atoms with van der Waals surface area (Å²) >= 11 is 0. The van der Waals surface area contributed by atoms with Crippen LogP contribution in [0.15, 0.2) is 42.7 Å². The van der Waals surface area contributed by atoms with Gasteiger partial charge in [0.05, 0.1) is 11.1 Å². The fourth-order valence-corrected chi connectivity index (χ4v) is 2.21. The zero-order valence-electron chi connectivity index (χ0n) is 7.94. The summed E-state index contributed by atoms with van der Waals surface area (Å²) in [5.74, 6) is 0. The second-order valence-corrected chi connectivity index (χ2v) is 4.28. The minimum atomic E-state index is 0.602. The highest BCUT2D eigenvalue weighted by atomic mass is 31.1. The smallest absolute Gasteiger partial charge is 0.0856 e. The maximum Gasteiger partial charge on any atom is 0.0856 e. The molecule has 1 atom stereocenters. The summed E-state index contributed by atoms with van der Waals surface area (Å²) in [6.07, 6.45) is 3.48. The van der Waals surface area contributed by atoms with E-state index in [0.29, 0.717) is 8.58 Å². The third-order valence-electron chi connectivity index (χ3n) is 1.92. The van der Waals surface area contributed by atoms with Crippen molar-refractivity contribution < 1.29 is 0 Å². The van der Waals surface area contributed by atoms with Crippen molar-refractivity contribution in [2.75, 3.05) is 0 Å². The van der Waals surface area contributed by atoms with Gasteiger partial charge in [-0.1, -0.05) is 30.3 Å². The van der Waals surface area contributed by atoms with Crippen molar-refractivity contribution >= 4 is 19.3 Å². The van der Waals surface area contributed by atoms with Crippen LogP contribution in [-0.4, -0.2) is 9.97 Å². The molecule has 0 bridgehead atoms. The number of rotatable bonds is 2. The molecule has 0 aliphatic carbocycles. The average Bonchev–Trinajstić information content (AvgIpc) is 2.23. The van der Waals surface area contributed by atoms with Crippen LogP contribution in [0.5, 0.6) is 0 Å². The molecule has 2 nitrogen and oxygen atoms in total. The second kappa shape index (κ2) is 4.30. The number of nitrogens with zero attached hydrogens (tertiary/aromatic N) is 2. The molecule has 0 saturated heterocycles. The van der Waals surface area contributed by atoms with Crippen LogP contribution in [0.2, 0.25) is 0 Å². The van der Waals surface area contributed by atoms with E-state index >= 15 is 0 Å². The number of aryl methyl sites for hydroxylation is 1. The summed E-state index contributed by atoms with van der Waals surface area (Å²) in [7, 11) is 0.602. The van der Waals surface area contributed by atoms with Gasteiger partial charge in [-0.15, -0.1) is 0 Å². The second-order valence-electron chi connectivity index (χ2n) is 2.98. The standard InChI is InChI=1S/C11H11N2P/c1-9-11(13-8-7-12-9)14-10-5-3-2-4-6-10/h2-8,14H,1H3. The highest BCUT2D eigenvalue weighted by Crippen LogP contribution is 2.09. The summed E-state index contributed by atoms with van der Waals surface area (Å²) in [5.41, 5.74) is 2.10. The van der Waals surface area contributed by atoms with E-state index < -0.39 is 0 Å². The molecule has 0 saturated carbocycles. The molecular weight excluding hydrogens is 191 g/mol. The Hall–Kier alpha value is -1.27. The Morgan fingerprint density at radius 2 is 1.71 bits per heavy atom. The molecule has 2 rings (SSSR count). The van der Waals surface area contributed by atoms with Crippen LogP contribution in [0.3, 0.4) is 0 Å². The summed E-state index contributed by atoms with van der Waals surface area (Å²) in [4.78, 5) is 8.54. The maximum absolute atomic E-state index is 4.32. The molecule has 14 heavy (non-hydrogen) atoms. The molecule has 0 radical (unpaired) electrons. The normalized spacial score (nSPS) is 10.9. The van der Waals surface area contributed by atoms with Gasteiger partial charge in [0, 0.05) is 12.4 Å². The third kappa shape index (κ3) is 2.15. The molecule has 0 spiro atoms. The van der Waals surface area contributed by atoms with E-state index in [1.807, 2.05) is 25.1 Å². The lowest BCUT2D eigenvalue weighted by Crippen LogP contribution is -2.11. The quantitative estimate of drug-likeness (QED) is 0.688. The van der Waals surface area contributed by atoms with Crippen molar-refractivity contribution in [3.63, 3.8) is 0 Å². The lowest BCUT2D eigenvalue weighted by Gasteiger charge is -2.02. The Morgan fingerprint density at radius 3 is 2.43 bits per heavy atom. The van der Waals surface area contributed by atoms with Gasteiger partial charge in [-0.25, -0.2) is 0 Å². The Labute approximate surface area is 85.2 Å². The van der Waals surface area contributed by atoms with Gasteiger partial charge < -0.3 is 0 Å². The topological polar surface area (TPSA) is 25.8 Å². The molecule has 0 N–H and O–H groups in total. The van der Waals surface area contributed by atoms with Gasteiger partial charge in [0.25, 0.3) is 0 Å². The van der Waals surface area contributed by atoms with Gasteiger partial charge in [-0.3, -0.25) is 9.97 Å². The lowest BCUT2D eigenvalue weighted by molar-refractivity contribution is 1.16. The molecule has 1 heterocycles. The summed E-state index contributed by atoms with van der Waals surface area (Å²) < 4.78 is 0. The monoisotopic (exact) mass is 202 g/mol. The van der Waals surface area contributed by atoms with Crippen molar-refractivity contribution in [1.82, 2.24) is 9.97 Å². The first kappa shape index (κ1) is 9.29. The number of hydrogen-bond acceptors (Lipinski definition) is 2.